The minimum Gasteiger partial charge on any atom is -0.493 e. The van der Waals surface area contributed by atoms with Crippen molar-refractivity contribution in [2.75, 3.05) is 25.3 Å². The monoisotopic (exact) mass is 427 g/mol. The summed E-state index contributed by atoms with van der Waals surface area (Å²) in [5.41, 5.74) is 3.52. The molecule has 158 valence electrons. The summed E-state index contributed by atoms with van der Waals surface area (Å²) < 4.78 is 12.4. The molecule has 0 bridgehead atoms. The van der Waals surface area contributed by atoms with Crippen LogP contribution < -0.4 is 14.8 Å². The third-order valence-corrected chi connectivity index (χ3v) is 5.42. The molecule has 7 nitrogen and oxygen atoms in total. The Morgan fingerprint density at radius 1 is 1.13 bits per heavy atom. The number of imidazole rings is 1. The number of hydrogen-bond donors (Lipinski definition) is 2. The SMILES string of the molecule is COc1ccc(NC(=O)CSc2nc(CO)cn2Cc2ccc(C)cc2)cc1OC. The van der Waals surface area contributed by atoms with Crippen LogP contribution in [0, 0.1) is 6.92 Å². The van der Waals surface area contributed by atoms with E-state index in [9.17, 15) is 9.90 Å². The van der Waals surface area contributed by atoms with Crippen LogP contribution in [-0.4, -0.2) is 40.5 Å². The van der Waals surface area contributed by atoms with Gasteiger partial charge in [-0.05, 0) is 24.6 Å². The van der Waals surface area contributed by atoms with Gasteiger partial charge in [-0.25, -0.2) is 4.98 Å². The topological polar surface area (TPSA) is 85.6 Å². The van der Waals surface area contributed by atoms with Crippen LogP contribution in [0.1, 0.15) is 16.8 Å². The Morgan fingerprint density at radius 3 is 2.53 bits per heavy atom. The summed E-state index contributed by atoms with van der Waals surface area (Å²) in [4.78, 5) is 16.9. The largest absolute Gasteiger partial charge is 0.493 e. The number of aliphatic hydroxyl groups is 1. The van der Waals surface area contributed by atoms with Gasteiger partial charge in [-0.3, -0.25) is 4.79 Å². The minimum atomic E-state index is -0.164. The molecule has 0 radical (unpaired) electrons. The number of hydrogen-bond acceptors (Lipinski definition) is 6. The maximum atomic E-state index is 12.4. The van der Waals surface area contributed by atoms with Crippen LogP contribution in [0.5, 0.6) is 11.5 Å². The van der Waals surface area contributed by atoms with E-state index < -0.39 is 0 Å². The first kappa shape index (κ1) is 21.7. The minimum absolute atomic E-state index is 0.147. The lowest BCUT2D eigenvalue weighted by Gasteiger charge is -2.11. The average Bonchev–Trinajstić information content (AvgIpc) is 3.15. The number of anilines is 1. The molecule has 0 aliphatic rings. The summed E-state index contributed by atoms with van der Waals surface area (Å²) in [6.45, 7) is 2.52. The molecule has 1 aromatic heterocycles. The van der Waals surface area contributed by atoms with Gasteiger partial charge in [0.25, 0.3) is 0 Å². The van der Waals surface area contributed by atoms with E-state index in [1.165, 1.54) is 17.3 Å². The number of thioether (sulfide) groups is 1. The molecule has 0 spiro atoms. The number of aryl methyl sites for hydroxylation is 1. The number of carbonyl (C=O) groups excluding carboxylic acids is 1. The van der Waals surface area contributed by atoms with E-state index in [1.54, 1.807) is 32.4 Å². The van der Waals surface area contributed by atoms with Crippen molar-refractivity contribution in [2.24, 2.45) is 0 Å². The molecule has 1 heterocycles. The molecule has 8 heteroatoms. The van der Waals surface area contributed by atoms with Crippen molar-refractivity contribution >= 4 is 23.4 Å². The van der Waals surface area contributed by atoms with Crippen molar-refractivity contribution in [3.8, 4) is 11.5 Å². The number of nitrogens with one attached hydrogen (secondary N) is 1. The van der Waals surface area contributed by atoms with Crippen molar-refractivity contribution in [1.29, 1.82) is 0 Å². The quantitative estimate of drug-likeness (QED) is 0.509. The molecule has 0 aliphatic carbocycles. The van der Waals surface area contributed by atoms with Gasteiger partial charge >= 0.3 is 0 Å². The normalized spacial score (nSPS) is 10.7. The lowest BCUT2D eigenvalue weighted by molar-refractivity contribution is -0.113. The van der Waals surface area contributed by atoms with E-state index >= 15 is 0 Å². The fourth-order valence-corrected chi connectivity index (χ4v) is 3.68. The zero-order valence-corrected chi connectivity index (χ0v) is 18.0. The molecule has 2 aromatic carbocycles. The highest BCUT2D eigenvalue weighted by Gasteiger charge is 2.13. The Hall–Kier alpha value is -2.97. The summed E-state index contributed by atoms with van der Waals surface area (Å²) in [5.74, 6) is 1.16. The number of nitrogens with zero attached hydrogens (tertiary/aromatic N) is 2. The van der Waals surface area contributed by atoms with Crippen molar-refractivity contribution in [3.05, 3.63) is 65.5 Å². The number of aromatic nitrogens is 2. The predicted molar refractivity (Wildman–Crippen MR) is 117 cm³/mol. The maximum Gasteiger partial charge on any atom is 0.234 e. The molecule has 3 aromatic rings. The Morgan fingerprint density at radius 2 is 1.87 bits per heavy atom. The highest BCUT2D eigenvalue weighted by molar-refractivity contribution is 7.99. The molecule has 30 heavy (non-hydrogen) atoms. The molecule has 0 unspecified atom stereocenters. The number of rotatable bonds is 9. The van der Waals surface area contributed by atoms with Crippen LogP contribution in [0.4, 0.5) is 5.69 Å². The number of methoxy groups -OCH3 is 2. The van der Waals surface area contributed by atoms with Crippen molar-refractivity contribution in [1.82, 2.24) is 9.55 Å². The van der Waals surface area contributed by atoms with Crippen LogP contribution in [-0.2, 0) is 17.9 Å². The number of benzene rings is 2. The van der Waals surface area contributed by atoms with E-state index in [0.29, 0.717) is 34.6 Å². The fraction of sp³-hybridized carbons (Fsp3) is 0.273. The summed E-state index contributed by atoms with van der Waals surface area (Å²) in [7, 11) is 3.11. The smallest absolute Gasteiger partial charge is 0.234 e. The summed E-state index contributed by atoms with van der Waals surface area (Å²) in [6, 6.07) is 13.4. The van der Waals surface area contributed by atoms with Crippen LogP contribution in [0.3, 0.4) is 0 Å². The second kappa shape index (κ2) is 10.2. The number of aliphatic hydroxyl groups excluding tert-OH is 1. The second-order valence-electron chi connectivity index (χ2n) is 6.69. The number of carbonyl (C=O) groups is 1. The van der Waals surface area contributed by atoms with Crippen molar-refractivity contribution in [3.63, 3.8) is 0 Å². The third-order valence-electron chi connectivity index (χ3n) is 4.42. The highest BCUT2D eigenvalue weighted by Crippen LogP contribution is 2.30. The van der Waals surface area contributed by atoms with Crippen LogP contribution in [0.2, 0.25) is 0 Å². The van der Waals surface area contributed by atoms with E-state index in [4.69, 9.17) is 9.47 Å². The predicted octanol–water partition coefficient (Wildman–Crippen LogP) is 3.48. The molecule has 3 rings (SSSR count). The van der Waals surface area contributed by atoms with Crippen molar-refractivity contribution < 1.29 is 19.4 Å². The van der Waals surface area contributed by atoms with Crippen LogP contribution in [0.25, 0.3) is 0 Å². The molecule has 2 N–H and O–H groups in total. The zero-order valence-electron chi connectivity index (χ0n) is 17.2. The maximum absolute atomic E-state index is 12.4. The summed E-state index contributed by atoms with van der Waals surface area (Å²) in [6.07, 6.45) is 1.81. The Labute approximate surface area is 180 Å². The molecule has 1 amide bonds. The first-order valence-corrected chi connectivity index (χ1v) is 10.4. The van der Waals surface area contributed by atoms with Crippen LogP contribution in [0.15, 0.2) is 53.8 Å². The Bertz CT molecular complexity index is 1000. The lowest BCUT2D eigenvalue weighted by Crippen LogP contribution is -2.14. The van der Waals surface area contributed by atoms with E-state index in [0.717, 1.165) is 5.56 Å². The molecule has 0 saturated heterocycles. The molecular formula is C22H25N3O4S. The Kier molecular flexibility index (Phi) is 7.37. The van der Waals surface area contributed by atoms with Gasteiger partial charge in [0, 0.05) is 24.5 Å². The number of ether oxygens (including phenoxy) is 2. The molecule has 0 saturated carbocycles. The lowest BCUT2D eigenvalue weighted by atomic mass is 10.1. The van der Waals surface area contributed by atoms with Gasteiger partial charge in [0.05, 0.1) is 32.3 Å². The first-order valence-electron chi connectivity index (χ1n) is 9.39. The van der Waals surface area contributed by atoms with Crippen LogP contribution >= 0.6 is 11.8 Å². The first-order chi connectivity index (χ1) is 14.5. The standard InChI is InChI=1S/C22H25N3O4S/c1-15-4-6-16(7-5-15)11-25-12-18(13-26)24-22(25)30-14-21(27)23-17-8-9-19(28-2)20(10-17)29-3/h4-10,12,26H,11,13-14H2,1-3H3,(H,23,27). The van der Waals surface area contributed by atoms with E-state index in [2.05, 4.69) is 34.6 Å². The van der Waals surface area contributed by atoms with Gasteiger partial charge in [0.15, 0.2) is 16.7 Å². The summed E-state index contributed by atoms with van der Waals surface area (Å²) >= 11 is 1.32. The third kappa shape index (κ3) is 5.55. The Balaban J connectivity index is 1.65. The zero-order chi connectivity index (χ0) is 21.5. The second-order valence-corrected chi connectivity index (χ2v) is 7.64. The molecule has 0 fully saturated rings. The molecule has 0 aliphatic heterocycles. The van der Waals surface area contributed by atoms with Gasteiger partial charge in [-0.2, -0.15) is 0 Å². The summed E-state index contributed by atoms with van der Waals surface area (Å²) in [5, 5.41) is 13.0. The highest BCUT2D eigenvalue weighted by atomic mass is 32.2. The van der Waals surface area contributed by atoms with Gasteiger partial charge in [-0.1, -0.05) is 41.6 Å². The number of amides is 1. The van der Waals surface area contributed by atoms with Gasteiger partial charge in [0.2, 0.25) is 5.91 Å². The van der Waals surface area contributed by atoms with Crippen molar-refractivity contribution in [2.45, 2.75) is 25.2 Å². The van der Waals surface area contributed by atoms with E-state index in [-0.39, 0.29) is 18.3 Å². The van der Waals surface area contributed by atoms with Gasteiger partial charge in [0.1, 0.15) is 0 Å². The molecular weight excluding hydrogens is 402 g/mol. The average molecular weight is 428 g/mol. The van der Waals surface area contributed by atoms with Gasteiger partial charge < -0.3 is 24.5 Å². The van der Waals surface area contributed by atoms with Gasteiger partial charge in [-0.15, -0.1) is 0 Å². The fourth-order valence-electron chi connectivity index (χ4n) is 2.89. The van der Waals surface area contributed by atoms with E-state index in [1.807, 2.05) is 17.7 Å². The molecule has 0 atom stereocenters.